The van der Waals surface area contributed by atoms with Gasteiger partial charge in [-0.05, 0) is 60.9 Å². The van der Waals surface area contributed by atoms with Crippen LogP contribution in [0.25, 0.3) is 5.57 Å². The van der Waals surface area contributed by atoms with Gasteiger partial charge in [0, 0.05) is 24.3 Å². The fourth-order valence-corrected chi connectivity index (χ4v) is 4.01. The molecule has 4 rings (SSSR count). The second kappa shape index (κ2) is 10.8. The lowest BCUT2D eigenvalue weighted by Crippen LogP contribution is -2.44. The Bertz CT molecular complexity index is 1170. The van der Waals surface area contributed by atoms with Gasteiger partial charge in [-0.15, -0.1) is 0 Å². The van der Waals surface area contributed by atoms with Crippen molar-refractivity contribution in [2.45, 2.75) is 19.4 Å². The molecule has 1 aliphatic rings. The number of ether oxygens (including phenoxy) is 1. The van der Waals surface area contributed by atoms with Gasteiger partial charge in [-0.3, -0.25) is 14.5 Å². The summed E-state index contributed by atoms with van der Waals surface area (Å²) in [5, 5.41) is 5.81. The number of carbonyl (C=O) groups is 2. The summed E-state index contributed by atoms with van der Waals surface area (Å²) < 4.78 is 5.28. The highest BCUT2D eigenvalue weighted by Gasteiger charge is 2.23. The van der Waals surface area contributed by atoms with Gasteiger partial charge in [0.1, 0.15) is 5.75 Å². The summed E-state index contributed by atoms with van der Waals surface area (Å²) in [5.74, 6) is 0.282. The monoisotopic (exact) mass is 455 g/mol. The first-order valence-corrected chi connectivity index (χ1v) is 11.4. The molecule has 0 bridgehead atoms. The predicted octanol–water partition coefficient (Wildman–Crippen LogP) is 5.06. The third-order valence-electron chi connectivity index (χ3n) is 6.08. The molecule has 2 amide bonds. The van der Waals surface area contributed by atoms with E-state index < -0.39 is 0 Å². The average Bonchev–Trinajstić information content (AvgIpc) is 2.89. The molecule has 34 heavy (non-hydrogen) atoms. The van der Waals surface area contributed by atoms with Crippen LogP contribution >= 0.6 is 0 Å². The molecule has 1 unspecified atom stereocenters. The van der Waals surface area contributed by atoms with Crippen molar-refractivity contribution in [1.29, 1.82) is 0 Å². The number of nitrogens with zero attached hydrogens (tertiary/aromatic N) is 1. The summed E-state index contributed by atoms with van der Waals surface area (Å²) in [5.41, 5.74) is 4.32. The minimum Gasteiger partial charge on any atom is -0.495 e. The van der Waals surface area contributed by atoms with E-state index in [9.17, 15) is 9.59 Å². The van der Waals surface area contributed by atoms with Gasteiger partial charge in [0.25, 0.3) is 5.91 Å². The van der Waals surface area contributed by atoms with Gasteiger partial charge >= 0.3 is 0 Å². The van der Waals surface area contributed by atoms with Crippen molar-refractivity contribution >= 4 is 28.8 Å². The Morgan fingerprint density at radius 1 is 0.912 bits per heavy atom. The third kappa shape index (κ3) is 5.53. The quantitative estimate of drug-likeness (QED) is 0.522. The number of hydrogen-bond acceptors (Lipinski definition) is 4. The Kier molecular flexibility index (Phi) is 7.40. The Morgan fingerprint density at radius 3 is 2.29 bits per heavy atom. The Labute approximate surface area is 200 Å². The van der Waals surface area contributed by atoms with Crippen LogP contribution in [0.4, 0.5) is 11.4 Å². The van der Waals surface area contributed by atoms with Crippen molar-refractivity contribution < 1.29 is 14.3 Å². The molecule has 0 aromatic heterocycles. The summed E-state index contributed by atoms with van der Waals surface area (Å²) in [6, 6.07) is 24.2. The highest BCUT2D eigenvalue weighted by Crippen LogP contribution is 2.25. The smallest absolute Gasteiger partial charge is 0.255 e. The van der Waals surface area contributed by atoms with Crippen molar-refractivity contribution in [3.05, 3.63) is 96.1 Å². The lowest BCUT2D eigenvalue weighted by Gasteiger charge is -2.31. The van der Waals surface area contributed by atoms with Gasteiger partial charge in [0.2, 0.25) is 5.91 Å². The minimum absolute atomic E-state index is 0.0669. The number of anilines is 2. The molecule has 1 atom stereocenters. The number of rotatable bonds is 7. The first-order chi connectivity index (χ1) is 16.5. The van der Waals surface area contributed by atoms with Crippen LogP contribution in [0.15, 0.2) is 84.9 Å². The van der Waals surface area contributed by atoms with E-state index in [4.69, 9.17) is 4.74 Å². The van der Waals surface area contributed by atoms with Crippen molar-refractivity contribution in [2.75, 3.05) is 30.8 Å². The summed E-state index contributed by atoms with van der Waals surface area (Å²) in [7, 11) is 1.56. The van der Waals surface area contributed by atoms with Crippen LogP contribution in [-0.4, -0.2) is 43.0 Å². The van der Waals surface area contributed by atoms with E-state index >= 15 is 0 Å². The highest BCUT2D eigenvalue weighted by molar-refractivity contribution is 6.05. The van der Waals surface area contributed by atoms with Gasteiger partial charge in [-0.2, -0.15) is 0 Å². The molecular formula is C28H29N3O3. The van der Waals surface area contributed by atoms with Gasteiger partial charge in [-0.25, -0.2) is 0 Å². The van der Waals surface area contributed by atoms with Crippen molar-refractivity contribution in [2.24, 2.45) is 0 Å². The molecule has 1 aliphatic heterocycles. The second-order valence-electron chi connectivity index (χ2n) is 8.24. The molecule has 3 aromatic carbocycles. The van der Waals surface area contributed by atoms with Crippen LogP contribution in [0.5, 0.6) is 5.75 Å². The molecule has 3 aromatic rings. The number of benzene rings is 3. The Balaban J connectivity index is 1.33. The maximum absolute atomic E-state index is 12.8. The summed E-state index contributed by atoms with van der Waals surface area (Å²) in [4.78, 5) is 27.6. The lowest BCUT2D eigenvalue weighted by atomic mass is 9.99. The molecule has 0 spiro atoms. The predicted molar refractivity (Wildman–Crippen MR) is 136 cm³/mol. The topological polar surface area (TPSA) is 70.7 Å². The average molecular weight is 456 g/mol. The first-order valence-electron chi connectivity index (χ1n) is 11.4. The Hall–Kier alpha value is -3.90. The third-order valence-corrected chi connectivity index (χ3v) is 6.08. The largest absolute Gasteiger partial charge is 0.495 e. The molecule has 2 N–H and O–H groups in total. The number of amides is 2. The van der Waals surface area contributed by atoms with E-state index in [0.717, 1.165) is 19.5 Å². The fraction of sp³-hybridized carbons (Fsp3) is 0.214. The maximum atomic E-state index is 12.8. The molecule has 1 heterocycles. The van der Waals surface area contributed by atoms with Crippen molar-refractivity contribution in [3.8, 4) is 5.75 Å². The minimum atomic E-state index is -0.262. The van der Waals surface area contributed by atoms with E-state index in [0.29, 0.717) is 22.7 Å². The van der Waals surface area contributed by atoms with Crippen LogP contribution in [0.1, 0.15) is 29.3 Å². The molecule has 6 nitrogen and oxygen atoms in total. The lowest BCUT2D eigenvalue weighted by molar-refractivity contribution is -0.120. The maximum Gasteiger partial charge on any atom is 0.255 e. The van der Waals surface area contributed by atoms with Gasteiger partial charge < -0.3 is 15.4 Å². The summed E-state index contributed by atoms with van der Waals surface area (Å²) in [6.07, 6.45) is 3.12. The molecule has 6 heteroatoms. The van der Waals surface area contributed by atoms with E-state index in [1.807, 2.05) is 37.3 Å². The first kappa shape index (κ1) is 23.3. The number of nitrogens with one attached hydrogen (secondary N) is 2. The zero-order valence-electron chi connectivity index (χ0n) is 19.5. The van der Waals surface area contributed by atoms with Gasteiger partial charge in [0.05, 0.1) is 18.8 Å². The number of methoxy groups -OCH3 is 1. The molecule has 0 saturated carbocycles. The van der Waals surface area contributed by atoms with Crippen molar-refractivity contribution in [1.82, 2.24) is 4.90 Å². The SMILES string of the molecule is COc1ccccc1NC(=O)c1ccc(NC(=O)C(C)N2CC=C(c3ccccc3)CC2)cc1. The van der Waals surface area contributed by atoms with E-state index in [2.05, 4.69) is 33.7 Å². The zero-order valence-corrected chi connectivity index (χ0v) is 19.5. The molecule has 174 valence electrons. The van der Waals surface area contributed by atoms with Crippen LogP contribution in [0.2, 0.25) is 0 Å². The number of para-hydroxylation sites is 2. The fourth-order valence-electron chi connectivity index (χ4n) is 4.01. The highest BCUT2D eigenvalue weighted by atomic mass is 16.5. The Morgan fingerprint density at radius 2 is 1.62 bits per heavy atom. The van der Waals surface area contributed by atoms with Crippen molar-refractivity contribution in [3.63, 3.8) is 0 Å². The number of carbonyl (C=O) groups excluding carboxylic acids is 2. The van der Waals surface area contributed by atoms with Crippen LogP contribution in [0.3, 0.4) is 0 Å². The molecule has 0 aliphatic carbocycles. The van der Waals surface area contributed by atoms with E-state index in [1.165, 1.54) is 11.1 Å². The second-order valence-corrected chi connectivity index (χ2v) is 8.24. The molecule has 0 fully saturated rings. The summed E-state index contributed by atoms with van der Waals surface area (Å²) >= 11 is 0. The van der Waals surface area contributed by atoms with Gasteiger partial charge in [0.15, 0.2) is 0 Å². The van der Waals surface area contributed by atoms with E-state index in [1.54, 1.807) is 43.5 Å². The summed E-state index contributed by atoms with van der Waals surface area (Å²) in [6.45, 7) is 3.49. The zero-order chi connectivity index (χ0) is 23.9. The normalized spacial score (nSPS) is 14.6. The standard InChI is InChI=1S/C28H29N3O3/c1-20(31-18-16-22(17-19-31)21-8-4-3-5-9-21)27(32)29-24-14-12-23(13-15-24)28(33)30-25-10-6-7-11-26(25)34-2/h3-16,20H,17-19H2,1-2H3,(H,29,32)(H,30,33). The molecule has 0 saturated heterocycles. The van der Waals surface area contributed by atoms with Crippen LogP contribution in [-0.2, 0) is 4.79 Å². The molecule has 0 radical (unpaired) electrons. The van der Waals surface area contributed by atoms with Gasteiger partial charge in [-0.1, -0.05) is 48.5 Å². The number of hydrogen-bond donors (Lipinski definition) is 2. The van der Waals surface area contributed by atoms with E-state index in [-0.39, 0.29) is 17.9 Å². The van der Waals surface area contributed by atoms with Crippen LogP contribution < -0.4 is 15.4 Å². The molecular weight excluding hydrogens is 426 g/mol. The van der Waals surface area contributed by atoms with Crippen LogP contribution in [0, 0.1) is 0 Å².